The quantitative estimate of drug-likeness (QED) is 0.543. The maximum absolute atomic E-state index is 12.5. The van der Waals surface area contributed by atoms with Gasteiger partial charge in [0.2, 0.25) is 0 Å². The van der Waals surface area contributed by atoms with Crippen LogP contribution in [0.2, 0.25) is 5.02 Å². The molecule has 0 saturated heterocycles. The molecule has 0 aromatic heterocycles. The van der Waals surface area contributed by atoms with Crippen molar-refractivity contribution < 1.29 is 14.3 Å². The predicted octanol–water partition coefficient (Wildman–Crippen LogP) is 4.56. The van der Waals surface area contributed by atoms with E-state index in [9.17, 15) is 9.59 Å². The lowest BCUT2D eigenvalue weighted by atomic mass is 10.0. The molecule has 2 aromatic carbocycles. The number of benzene rings is 2. The van der Waals surface area contributed by atoms with E-state index in [0.29, 0.717) is 17.0 Å². The van der Waals surface area contributed by atoms with Crippen molar-refractivity contribution in [2.45, 2.75) is 11.7 Å². The van der Waals surface area contributed by atoms with Gasteiger partial charge in [-0.2, -0.15) is 0 Å². The molecule has 0 aliphatic heterocycles. The minimum Gasteiger partial charge on any atom is -0.468 e. The van der Waals surface area contributed by atoms with Gasteiger partial charge in [0.1, 0.15) is 0 Å². The van der Waals surface area contributed by atoms with Crippen molar-refractivity contribution in [2.75, 3.05) is 12.9 Å². The van der Waals surface area contributed by atoms with Crippen molar-refractivity contribution in [3.8, 4) is 0 Å². The van der Waals surface area contributed by atoms with Gasteiger partial charge in [-0.25, -0.2) is 0 Å². The minimum atomic E-state index is -0.305. The Bertz CT molecular complexity index is 656. The highest BCUT2D eigenvalue weighted by molar-refractivity contribution is 8.00. The third-order valence-electron chi connectivity index (χ3n) is 3.34. The smallest absolute Gasteiger partial charge is 0.315 e. The van der Waals surface area contributed by atoms with Crippen LogP contribution in [-0.4, -0.2) is 24.6 Å². The molecule has 3 nitrogen and oxygen atoms in total. The second kappa shape index (κ2) is 8.75. The molecule has 120 valence electrons. The molecule has 0 aliphatic carbocycles. The van der Waals surface area contributed by atoms with E-state index in [1.54, 1.807) is 24.3 Å². The first-order valence-electron chi connectivity index (χ1n) is 7.12. The van der Waals surface area contributed by atoms with Gasteiger partial charge in [-0.15, -0.1) is 11.8 Å². The maximum atomic E-state index is 12.5. The van der Waals surface area contributed by atoms with Crippen LogP contribution in [0, 0.1) is 0 Å². The lowest BCUT2D eigenvalue weighted by Gasteiger charge is -2.16. The fraction of sp³-hybridized carbons (Fsp3) is 0.222. The lowest BCUT2D eigenvalue weighted by molar-refractivity contribution is -0.137. The van der Waals surface area contributed by atoms with E-state index < -0.39 is 0 Å². The second-order valence-electron chi connectivity index (χ2n) is 4.92. The van der Waals surface area contributed by atoms with E-state index in [0.717, 1.165) is 5.56 Å². The van der Waals surface area contributed by atoms with Crippen LogP contribution in [-0.2, 0) is 9.53 Å². The summed E-state index contributed by atoms with van der Waals surface area (Å²) in [5, 5.41) is 0.513. The molecule has 0 heterocycles. The number of ketones is 1. The van der Waals surface area contributed by atoms with Crippen molar-refractivity contribution in [3.63, 3.8) is 0 Å². The summed E-state index contributed by atoms with van der Waals surface area (Å²) in [6.07, 6.45) is 0.313. The summed E-state index contributed by atoms with van der Waals surface area (Å²) in [4.78, 5) is 23.9. The van der Waals surface area contributed by atoms with Gasteiger partial charge in [0.05, 0.1) is 12.9 Å². The summed E-state index contributed by atoms with van der Waals surface area (Å²) in [5.74, 6) is -0.0599. The number of carbonyl (C=O) groups excluding carboxylic acids is 2. The van der Waals surface area contributed by atoms with E-state index >= 15 is 0 Å². The van der Waals surface area contributed by atoms with Crippen LogP contribution in [0.4, 0.5) is 0 Å². The molecule has 0 N–H and O–H groups in total. The van der Waals surface area contributed by atoms with Crippen molar-refractivity contribution in [1.29, 1.82) is 0 Å². The predicted molar refractivity (Wildman–Crippen MR) is 94.1 cm³/mol. The number of methoxy groups -OCH3 is 1. The van der Waals surface area contributed by atoms with Crippen LogP contribution in [0.15, 0.2) is 54.6 Å². The van der Waals surface area contributed by atoms with Crippen LogP contribution in [0.1, 0.15) is 27.6 Å². The molecule has 5 heteroatoms. The molecule has 0 radical (unpaired) electrons. The van der Waals surface area contributed by atoms with Gasteiger partial charge in [-0.3, -0.25) is 9.59 Å². The first kappa shape index (κ1) is 17.6. The minimum absolute atomic E-state index is 0.0444. The van der Waals surface area contributed by atoms with Crippen molar-refractivity contribution in [2.24, 2.45) is 0 Å². The first-order valence-corrected chi connectivity index (χ1v) is 8.55. The zero-order valence-corrected chi connectivity index (χ0v) is 14.3. The molecule has 0 aliphatic rings. The highest BCUT2D eigenvalue weighted by Crippen LogP contribution is 2.34. The number of ether oxygens (including phenoxy) is 1. The summed E-state index contributed by atoms with van der Waals surface area (Å²) in [6.45, 7) is 0. The summed E-state index contributed by atoms with van der Waals surface area (Å²) in [7, 11) is 1.36. The fourth-order valence-electron chi connectivity index (χ4n) is 2.09. The summed E-state index contributed by atoms with van der Waals surface area (Å²) >= 11 is 7.32. The largest absolute Gasteiger partial charge is 0.468 e. The van der Waals surface area contributed by atoms with Crippen LogP contribution >= 0.6 is 23.4 Å². The van der Waals surface area contributed by atoms with Crippen LogP contribution in [0.3, 0.4) is 0 Å². The van der Waals surface area contributed by atoms with E-state index in [4.69, 9.17) is 11.6 Å². The van der Waals surface area contributed by atoms with Gasteiger partial charge in [-0.1, -0.05) is 54.1 Å². The lowest BCUT2D eigenvalue weighted by Crippen LogP contribution is -2.09. The molecule has 0 bridgehead atoms. The Morgan fingerprint density at radius 2 is 1.74 bits per heavy atom. The van der Waals surface area contributed by atoms with Crippen molar-refractivity contribution in [3.05, 3.63) is 70.7 Å². The molecule has 2 aromatic rings. The highest BCUT2D eigenvalue weighted by atomic mass is 35.5. The summed E-state index contributed by atoms with van der Waals surface area (Å²) in [5.41, 5.74) is 1.64. The van der Waals surface area contributed by atoms with Crippen LogP contribution in [0.25, 0.3) is 0 Å². The van der Waals surface area contributed by atoms with Gasteiger partial charge in [-0.05, 0) is 17.7 Å². The van der Waals surface area contributed by atoms with Crippen molar-refractivity contribution in [1.82, 2.24) is 0 Å². The van der Waals surface area contributed by atoms with E-state index in [-0.39, 0.29) is 22.8 Å². The van der Waals surface area contributed by atoms with Gasteiger partial charge < -0.3 is 4.74 Å². The molecule has 0 spiro atoms. The van der Waals surface area contributed by atoms with Gasteiger partial charge in [0.25, 0.3) is 0 Å². The number of esters is 1. The summed E-state index contributed by atoms with van der Waals surface area (Å²) in [6, 6.07) is 16.5. The van der Waals surface area contributed by atoms with Crippen LogP contribution in [0.5, 0.6) is 0 Å². The molecule has 2 rings (SSSR count). The standard InChI is InChI=1S/C18H17ClO3S/c1-22-18(21)12-23-17(14-7-9-15(19)10-8-14)11-16(20)13-5-3-2-4-6-13/h2-10,17H,11-12H2,1H3. The second-order valence-corrected chi connectivity index (χ2v) is 6.55. The Hall–Kier alpha value is -1.78. The Morgan fingerprint density at radius 3 is 2.35 bits per heavy atom. The first-order chi connectivity index (χ1) is 11.1. The molecule has 1 atom stereocenters. The third-order valence-corrected chi connectivity index (χ3v) is 4.83. The van der Waals surface area contributed by atoms with Gasteiger partial charge in [0.15, 0.2) is 5.78 Å². The molecule has 0 amide bonds. The van der Waals surface area contributed by atoms with Crippen LogP contribution < -0.4 is 0 Å². The third kappa shape index (κ3) is 5.41. The maximum Gasteiger partial charge on any atom is 0.315 e. The Kier molecular flexibility index (Phi) is 6.68. The van der Waals surface area contributed by atoms with E-state index in [1.807, 2.05) is 30.3 Å². The van der Waals surface area contributed by atoms with Crippen molar-refractivity contribution >= 4 is 35.1 Å². The number of Topliss-reactive ketones (excluding diaryl/α,β-unsaturated/α-hetero) is 1. The average Bonchev–Trinajstić information content (AvgIpc) is 2.59. The zero-order chi connectivity index (χ0) is 16.7. The SMILES string of the molecule is COC(=O)CSC(CC(=O)c1ccccc1)c1ccc(Cl)cc1. The number of thioether (sulfide) groups is 1. The molecule has 23 heavy (non-hydrogen) atoms. The Balaban J connectivity index is 2.14. The molecule has 0 fully saturated rings. The monoisotopic (exact) mass is 348 g/mol. The van der Waals surface area contributed by atoms with Gasteiger partial charge in [0, 0.05) is 22.3 Å². The molecular formula is C18H17ClO3S. The number of halogens is 1. The number of carbonyl (C=O) groups is 2. The zero-order valence-electron chi connectivity index (χ0n) is 12.7. The normalized spacial score (nSPS) is 11.7. The number of hydrogen-bond donors (Lipinski definition) is 0. The topological polar surface area (TPSA) is 43.4 Å². The van der Waals surface area contributed by atoms with Gasteiger partial charge >= 0.3 is 5.97 Å². The molecule has 1 unspecified atom stereocenters. The van der Waals surface area contributed by atoms with E-state index in [2.05, 4.69) is 4.74 Å². The molecular weight excluding hydrogens is 332 g/mol. The Morgan fingerprint density at radius 1 is 1.09 bits per heavy atom. The van der Waals surface area contributed by atoms with E-state index in [1.165, 1.54) is 18.9 Å². The highest BCUT2D eigenvalue weighted by Gasteiger charge is 2.19. The summed E-state index contributed by atoms with van der Waals surface area (Å²) < 4.78 is 4.68. The molecule has 0 saturated carbocycles. The fourth-order valence-corrected chi connectivity index (χ4v) is 3.29. The Labute approximate surface area is 145 Å². The number of hydrogen-bond acceptors (Lipinski definition) is 4. The number of rotatable bonds is 7. The average molecular weight is 349 g/mol.